The number of ether oxygens (including phenoxy) is 3. The fourth-order valence-corrected chi connectivity index (χ4v) is 3.45. The van der Waals surface area contributed by atoms with E-state index in [0.717, 1.165) is 0 Å². The molecule has 0 saturated carbocycles. The van der Waals surface area contributed by atoms with Crippen molar-refractivity contribution >= 4 is 17.7 Å². The summed E-state index contributed by atoms with van der Waals surface area (Å²) in [5.41, 5.74) is 4.51. The predicted octanol–water partition coefficient (Wildman–Crippen LogP) is 2.21. The Morgan fingerprint density at radius 2 is 0.929 bits per heavy atom. The van der Waals surface area contributed by atoms with Crippen LogP contribution in [-0.4, -0.2) is 75.8 Å². The minimum atomic E-state index is -5.33. The Morgan fingerprint density at radius 1 is 0.595 bits per heavy atom. The molecule has 42 heavy (non-hydrogen) atoms. The van der Waals surface area contributed by atoms with Gasteiger partial charge in [-0.05, 0) is 30.5 Å². The Bertz CT molecular complexity index is 1040. The van der Waals surface area contributed by atoms with Crippen LogP contribution >= 0.6 is 0 Å². The van der Waals surface area contributed by atoms with Crippen LogP contribution < -0.4 is 26.4 Å². The predicted molar refractivity (Wildman–Crippen MR) is 126 cm³/mol. The molecule has 1 aromatic carbocycles. The van der Waals surface area contributed by atoms with Crippen LogP contribution in [0.3, 0.4) is 0 Å². The van der Waals surface area contributed by atoms with E-state index in [1.807, 2.05) is 0 Å². The fraction of sp³-hybridized carbons (Fsp3) is 0.609. The maximum Gasteiger partial charge on any atom is 0.471 e. The average molecular weight is 628 g/mol. The molecule has 0 bridgehead atoms. The number of hydrogen-bond acceptors (Lipinski definition) is 7. The van der Waals surface area contributed by atoms with Crippen LogP contribution in [0.25, 0.3) is 0 Å². The lowest BCUT2D eigenvalue weighted by Gasteiger charge is -2.25. The molecule has 0 aliphatic heterocycles. The van der Waals surface area contributed by atoms with Crippen LogP contribution in [0.15, 0.2) is 0 Å². The summed E-state index contributed by atoms with van der Waals surface area (Å²) in [6.07, 6.45) is -16.0. The molecule has 10 nitrogen and oxygen atoms in total. The molecule has 19 heteroatoms. The van der Waals surface area contributed by atoms with Gasteiger partial charge in [-0.2, -0.15) is 39.5 Å². The number of nitrogens with one attached hydrogen (secondary N) is 3. The molecule has 0 radical (unpaired) electrons. The van der Waals surface area contributed by atoms with E-state index >= 15 is 0 Å². The number of alkyl halides is 9. The number of nitrogens with two attached hydrogens (primary N) is 1. The van der Waals surface area contributed by atoms with E-state index in [1.165, 1.54) is 13.8 Å². The van der Waals surface area contributed by atoms with Gasteiger partial charge in [0.05, 0.1) is 26.4 Å². The molecule has 0 fully saturated rings. The van der Waals surface area contributed by atoms with Crippen molar-refractivity contribution in [2.45, 2.75) is 52.0 Å². The van der Waals surface area contributed by atoms with Crippen LogP contribution in [-0.2, 0) is 43.5 Å². The second-order valence-corrected chi connectivity index (χ2v) is 8.42. The third-order valence-electron chi connectivity index (χ3n) is 5.52. The maximum absolute atomic E-state index is 12.8. The van der Waals surface area contributed by atoms with Crippen molar-refractivity contribution < 1.29 is 68.1 Å². The molecule has 1 rings (SSSR count). The van der Waals surface area contributed by atoms with E-state index in [-0.39, 0.29) is 73.1 Å². The van der Waals surface area contributed by atoms with Crippen molar-refractivity contribution in [2.75, 3.05) is 39.6 Å². The quantitative estimate of drug-likeness (QED) is 0.173. The van der Waals surface area contributed by atoms with E-state index < -0.39 is 55.9 Å². The largest absolute Gasteiger partial charge is 0.490 e. The Hall–Kier alpha value is -3.32. The van der Waals surface area contributed by atoms with Crippen molar-refractivity contribution in [1.82, 2.24) is 16.0 Å². The second-order valence-electron chi connectivity index (χ2n) is 8.42. The van der Waals surface area contributed by atoms with Crippen LogP contribution in [0.5, 0.6) is 5.75 Å². The highest BCUT2D eigenvalue weighted by Gasteiger charge is 2.40. The fourth-order valence-electron chi connectivity index (χ4n) is 3.45. The normalized spacial score (nSPS) is 12.2. The number of halogens is 9. The summed E-state index contributed by atoms with van der Waals surface area (Å²) < 4.78 is 131. The molecule has 0 atom stereocenters. The van der Waals surface area contributed by atoms with Gasteiger partial charge in [0.1, 0.15) is 12.4 Å². The van der Waals surface area contributed by atoms with Crippen molar-refractivity contribution in [3.05, 3.63) is 27.8 Å². The minimum Gasteiger partial charge on any atom is -0.490 e. The lowest BCUT2D eigenvalue weighted by atomic mass is 9.91. The first kappa shape index (κ1) is 36.7. The van der Waals surface area contributed by atoms with Gasteiger partial charge in [-0.1, -0.05) is 0 Å². The summed E-state index contributed by atoms with van der Waals surface area (Å²) in [6.45, 7) is -0.0192. The zero-order chi connectivity index (χ0) is 32.3. The molecule has 0 aromatic heterocycles. The van der Waals surface area contributed by atoms with E-state index in [2.05, 4.69) is 0 Å². The highest BCUT2D eigenvalue weighted by atomic mass is 19.4. The monoisotopic (exact) mass is 628 g/mol. The molecular formula is C23H29F9N4O6. The smallest absolute Gasteiger partial charge is 0.471 e. The highest BCUT2D eigenvalue weighted by molar-refractivity contribution is 5.83. The van der Waals surface area contributed by atoms with Gasteiger partial charge in [-0.25, -0.2) is 0 Å². The van der Waals surface area contributed by atoms with Crippen molar-refractivity contribution in [3.63, 3.8) is 0 Å². The molecular weight excluding hydrogens is 599 g/mol. The maximum atomic E-state index is 12.8. The molecule has 0 unspecified atom stereocenters. The number of carbonyl (C=O) groups excluding carboxylic acids is 3. The molecule has 3 amide bonds. The van der Waals surface area contributed by atoms with E-state index in [9.17, 15) is 53.9 Å². The third-order valence-corrected chi connectivity index (χ3v) is 5.52. The number of rotatable bonds is 15. The van der Waals surface area contributed by atoms with Crippen molar-refractivity contribution in [3.8, 4) is 5.75 Å². The van der Waals surface area contributed by atoms with Gasteiger partial charge in [0.25, 0.3) is 0 Å². The Kier molecular flexibility index (Phi) is 13.8. The molecule has 5 N–H and O–H groups in total. The Labute approximate surface area is 233 Å². The molecule has 240 valence electrons. The van der Waals surface area contributed by atoms with Gasteiger partial charge in [0.15, 0.2) is 0 Å². The summed E-state index contributed by atoms with van der Waals surface area (Å²) in [7, 11) is 0. The summed E-state index contributed by atoms with van der Waals surface area (Å²) in [5.74, 6) is -7.52. The first-order chi connectivity index (χ1) is 19.3. The first-order valence-electron chi connectivity index (χ1n) is 12.0. The molecule has 0 saturated heterocycles. The molecule has 0 aliphatic carbocycles. The van der Waals surface area contributed by atoms with Gasteiger partial charge in [-0.3, -0.25) is 14.4 Å². The van der Waals surface area contributed by atoms with Crippen LogP contribution in [0.4, 0.5) is 39.5 Å². The highest BCUT2D eigenvalue weighted by Crippen LogP contribution is 2.35. The lowest BCUT2D eigenvalue weighted by Crippen LogP contribution is -2.38. The van der Waals surface area contributed by atoms with Gasteiger partial charge >= 0.3 is 36.3 Å². The second kappa shape index (κ2) is 15.8. The molecule has 0 heterocycles. The van der Waals surface area contributed by atoms with Gasteiger partial charge in [-0.15, -0.1) is 0 Å². The summed E-state index contributed by atoms with van der Waals surface area (Å²) in [4.78, 5) is 34.3. The van der Waals surface area contributed by atoms with Crippen LogP contribution in [0, 0.1) is 13.8 Å². The van der Waals surface area contributed by atoms with Crippen LogP contribution in [0.1, 0.15) is 27.8 Å². The summed E-state index contributed by atoms with van der Waals surface area (Å²) >= 11 is 0. The average Bonchev–Trinajstić information content (AvgIpc) is 2.87. The van der Waals surface area contributed by atoms with E-state index in [0.29, 0.717) is 0 Å². The summed E-state index contributed by atoms with van der Waals surface area (Å²) in [6, 6.07) is 0. The lowest BCUT2D eigenvalue weighted by molar-refractivity contribution is -0.173. The summed E-state index contributed by atoms with van der Waals surface area (Å²) in [5, 5.41) is 4.71. The zero-order valence-electron chi connectivity index (χ0n) is 22.3. The SMILES string of the molecule is Cc1c(CNC(=O)C(F)(F)F)c(C)c(CNC(=O)C(F)(F)F)c(OCCOCCOCCN)c1CNC(=O)C(F)(F)F. The number of amides is 3. The van der Waals surface area contributed by atoms with Gasteiger partial charge in [0, 0.05) is 37.3 Å². The van der Waals surface area contributed by atoms with Gasteiger partial charge < -0.3 is 35.9 Å². The standard InChI is InChI=1S/C23H29F9N4O6/c1-12-14(9-34-18(37)21(24,25)26)13(2)16(11-36-20(39)23(30,31)32)17(15(12)10-35-19(38)22(27,28)29)42-8-7-41-6-5-40-4-3-33/h3-11,33H2,1-2H3,(H,34,37)(H,35,38)(H,36,39). The number of benzene rings is 1. The van der Waals surface area contributed by atoms with Crippen LogP contribution in [0.2, 0.25) is 0 Å². The van der Waals surface area contributed by atoms with Crippen molar-refractivity contribution in [1.29, 1.82) is 0 Å². The first-order valence-corrected chi connectivity index (χ1v) is 12.0. The third kappa shape index (κ3) is 11.5. The number of carbonyl (C=O) groups is 3. The Balaban J connectivity index is 3.50. The van der Waals surface area contributed by atoms with E-state index in [1.54, 1.807) is 16.0 Å². The van der Waals surface area contributed by atoms with Crippen molar-refractivity contribution in [2.24, 2.45) is 5.73 Å². The number of hydrogen-bond donors (Lipinski definition) is 4. The van der Waals surface area contributed by atoms with Gasteiger partial charge in [0.2, 0.25) is 0 Å². The molecule has 1 aromatic rings. The topological polar surface area (TPSA) is 141 Å². The Morgan fingerprint density at radius 3 is 1.29 bits per heavy atom. The molecule has 0 aliphatic rings. The van der Waals surface area contributed by atoms with E-state index in [4.69, 9.17) is 19.9 Å². The minimum absolute atomic E-state index is 0.0468. The molecule has 0 spiro atoms. The zero-order valence-corrected chi connectivity index (χ0v) is 22.3.